The molecule has 0 unspecified atom stereocenters. The quantitative estimate of drug-likeness (QED) is 0.748. The Morgan fingerprint density at radius 1 is 0.647 bits per heavy atom. The van der Waals surface area contributed by atoms with Crippen molar-refractivity contribution in [3.63, 3.8) is 0 Å². The molecule has 2 aromatic rings. The summed E-state index contributed by atoms with van der Waals surface area (Å²) in [6.07, 6.45) is 0. The zero-order valence-electron chi connectivity index (χ0n) is 10.9. The molecule has 0 spiro atoms. The van der Waals surface area contributed by atoms with Crippen LogP contribution in [0, 0.1) is 0 Å². The van der Waals surface area contributed by atoms with Crippen LogP contribution in [0.2, 0.25) is 10.0 Å². The molecule has 0 aliphatic rings. The van der Waals surface area contributed by atoms with E-state index in [0.29, 0.717) is 0 Å². The fourth-order valence-corrected chi connectivity index (χ4v) is 15.8. The summed E-state index contributed by atoms with van der Waals surface area (Å²) in [4.78, 5) is 0. The first-order valence-electron chi connectivity index (χ1n) is 6.94. The van der Waals surface area contributed by atoms with Gasteiger partial charge in [-0.05, 0) is 0 Å². The van der Waals surface area contributed by atoms with Crippen molar-refractivity contribution in [1.82, 2.24) is 0 Å². The first kappa shape index (κ1) is 12.5. The number of rotatable bonds is 4. The standard InChI is InChI=1S/2C6H5.2C2H5.Zn/c2*1-2-4-6-5-3-1;2*1-2;/h2*1-5H;2*1H2,2H3;. The molecule has 86 valence electrons. The van der Waals surface area contributed by atoms with Crippen LogP contribution in [0.25, 0.3) is 0 Å². The van der Waals surface area contributed by atoms with Crippen molar-refractivity contribution in [3.05, 3.63) is 60.7 Å². The topological polar surface area (TPSA) is 0 Å². The molecule has 17 heavy (non-hydrogen) atoms. The second-order valence-electron chi connectivity index (χ2n) is 5.50. The zero-order chi connectivity index (χ0) is 12.1. The van der Waals surface area contributed by atoms with Crippen molar-refractivity contribution in [3.8, 4) is 0 Å². The average Bonchev–Trinajstić information content (AvgIpc) is 2.43. The summed E-state index contributed by atoms with van der Waals surface area (Å²) in [6.45, 7) is 4.76. The Labute approximate surface area is 108 Å². The summed E-state index contributed by atoms with van der Waals surface area (Å²) in [5.74, 6) is 0. The fraction of sp³-hybridized carbons (Fsp3) is 0.250. The summed E-state index contributed by atoms with van der Waals surface area (Å²) in [6, 6.07) is 22.4. The van der Waals surface area contributed by atoms with E-state index >= 15 is 0 Å². The van der Waals surface area contributed by atoms with Gasteiger partial charge in [0.05, 0.1) is 0 Å². The first-order valence-corrected chi connectivity index (χ1v) is 14.1. The molecule has 0 radical (unpaired) electrons. The van der Waals surface area contributed by atoms with Crippen LogP contribution < -0.4 is 8.32 Å². The van der Waals surface area contributed by atoms with Crippen LogP contribution in [0.4, 0.5) is 0 Å². The predicted octanol–water partition coefficient (Wildman–Crippen LogP) is 3.67. The van der Waals surface area contributed by atoms with E-state index < -0.39 is 14.8 Å². The summed E-state index contributed by atoms with van der Waals surface area (Å²) in [5.41, 5.74) is 0. The number of hydrogen-bond donors (Lipinski definition) is 0. The molecule has 0 N–H and O–H groups in total. The summed E-state index contributed by atoms with van der Waals surface area (Å²) in [5, 5.41) is 2.71. The fourth-order valence-electron chi connectivity index (χ4n) is 3.60. The molecular weight excluding hydrogens is 258 g/mol. The van der Waals surface area contributed by atoms with Crippen molar-refractivity contribution < 1.29 is 14.8 Å². The molecule has 0 bridgehead atoms. The van der Waals surface area contributed by atoms with Gasteiger partial charge in [0.15, 0.2) is 0 Å². The molecule has 0 amide bonds. The molecule has 2 aromatic carbocycles. The molecular formula is C16H20Zn. The third-order valence-corrected chi connectivity index (χ3v) is 20.7. The molecule has 0 atom stereocenters. The molecule has 0 heterocycles. The Balaban J connectivity index is 2.54. The van der Waals surface area contributed by atoms with Gasteiger partial charge < -0.3 is 0 Å². The van der Waals surface area contributed by atoms with E-state index in [1.165, 1.54) is 10.0 Å². The monoisotopic (exact) mass is 276 g/mol. The normalized spacial score (nSPS) is 10.5. The third-order valence-electron chi connectivity index (χ3n) is 4.96. The van der Waals surface area contributed by atoms with E-state index in [-0.39, 0.29) is 0 Å². The van der Waals surface area contributed by atoms with Crippen LogP contribution in [0.3, 0.4) is 0 Å². The van der Waals surface area contributed by atoms with Crippen LogP contribution in [0.5, 0.6) is 0 Å². The molecule has 0 saturated carbocycles. The molecule has 0 aliphatic carbocycles. The first-order chi connectivity index (χ1) is 8.33. The zero-order valence-corrected chi connectivity index (χ0v) is 13.9. The Morgan fingerprint density at radius 2 is 1.00 bits per heavy atom. The van der Waals surface area contributed by atoms with E-state index in [2.05, 4.69) is 74.5 Å². The van der Waals surface area contributed by atoms with E-state index in [4.69, 9.17) is 0 Å². The molecule has 0 aromatic heterocycles. The maximum atomic E-state index is 2.38. The number of benzene rings is 2. The van der Waals surface area contributed by atoms with Crippen LogP contribution in [0.15, 0.2) is 60.7 Å². The van der Waals surface area contributed by atoms with Gasteiger partial charge in [0.25, 0.3) is 0 Å². The molecule has 0 aliphatic heterocycles. The maximum absolute atomic E-state index is 2.45. The van der Waals surface area contributed by atoms with Gasteiger partial charge in [-0.15, -0.1) is 0 Å². The Morgan fingerprint density at radius 3 is 1.29 bits per heavy atom. The SMILES string of the molecule is C[CH2][Zn]([CH2]C)([c]1ccccc1)[c]1ccccc1. The van der Waals surface area contributed by atoms with Gasteiger partial charge in [-0.3, -0.25) is 0 Å². The van der Waals surface area contributed by atoms with E-state index in [1.807, 2.05) is 0 Å². The Hall–Kier alpha value is -0.937. The minimum atomic E-state index is -2.45. The molecule has 2 rings (SSSR count). The van der Waals surface area contributed by atoms with Crippen molar-refractivity contribution in [2.24, 2.45) is 0 Å². The number of hydrogen-bond acceptors (Lipinski definition) is 0. The van der Waals surface area contributed by atoms with Gasteiger partial charge in [-0.25, -0.2) is 0 Å². The summed E-state index contributed by atoms with van der Waals surface area (Å²) < 4.78 is 3.29. The Kier molecular flexibility index (Phi) is 4.12. The van der Waals surface area contributed by atoms with Gasteiger partial charge in [0.2, 0.25) is 0 Å². The summed E-state index contributed by atoms with van der Waals surface area (Å²) >= 11 is -2.45. The van der Waals surface area contributed by atoms with Crippen molar-refractivity contribution in [2.45, 2.75) is 23.9 Å². The van der Waals surface area contributed by atoms with Crippen LogP contribution in [-0.4, -0.2) is 0 Å². The molecule has 0 nitrogen and oxygen atoms in total. The van der Waals surface area contributed by atoms with E-state index in [9.17, 15) is 0 Å². The molecule has 0 saturated heterocycles. The van der Waals surface area contributed by atoms with Crippen LogP contribution >= 0.6 is 0 Å². The van der Waals surface area contributed by atoms with Gasteiger partial charge in [-0.2, -0.15) is 0 Å². The Bertz CT molecular complexity index is 402. The van der Waals surface area contributed by atoms with E-state index in [0.717, 1.165) is 0 Å². The van der Waals surface area contributed by atoms with Gasteiger partial charge >= 0.3 is 108 Å². The summed E-state index contributed by atoms with van der Waals surface area (Å²) in [7, 11) is 0. The average molecular weight is 278 g/mol. The van der Waals surface area contributed by atoms with Crippen LogP contribution in [-0.2, 0) is 14.8 Å². The predicted molar refractivity (Wildman–Crippen MR) is 73.1 cm³/mol. The van der Waals surface area contributed by atoms with Gasteiger partial charge in [0, 0.05) is 0 Å². The third kappa shape index (κ3) is 2.35. The van der Waals surface area contributed by atoms with Crippen molar-refractivity contribution in [1.29, 1.82) is 0 Å². The second-order valence-corrected chi connectivity index (χ2v) is 19.5. The van der Waals surface area contributed by atoms with Crippen LogP contribution in [0.1, 0.15) is 13.8 Å². The second kappa shape index (κ2) is 5.60. The van der Waals surface area contributed by atoms with Gasteiger partial charge in [0.1, 0.15) is 0 Å². The van der Waals surface area contributed by atoms with Crippen molar-refractivity contribution in [2.75, 3.05) is 0 Å². The van der Waals surface area contributed by atoms with E-state index in [1.54, 1.807) is 8.32 Å². The minimum absolute atomic E-state index is 1.36. The molecule has 0 fully saturated rings. The molecule has 1 heteroatoms. The van der Waals surface area contributed by atoms with Gasteiger partial charge in [-0.1, -0.05) is 0 Å². The van der Waals surface area contributed by atoms with Crippen molar-refractivity contribution >= 4 is 8.32 Å².